The Bertz CT molecular complexity index is 438. The number of carbonyl (C=O) groups is 1. The molecule has 1 aromatic rings. The van der Waals surface area contributed by atoms with E-state index in [4.69, 9.17) is 9.84 Å². The highest BCUT2D eigenvalue weighted by atomic mass is 79.9. The Kier molecular flexibility index (Phi) is 5.22. The Labute approximate surface area is 121 Å². The molecule has 0 aromatic heterocycles. The second kappa shape index (κ2) is 6.91. The summed E-state index contributed by atoms with van der Waals surface area (Å²) in [5.74, 6) is 0.875. The topological polar surface area (TPSA) is 49.8 Å². The normalized spacial score (nSPS) is 19.3. The number of likely N-dealkylation sites (tertiary alicyclic amines) is 1. The van der Waals surface area contributed by atoms with Crippen LogP contribution in [0.25, 0.3) is 0 Å². The summed E-state index contributed by atoms with van der Waals surface area (Å²) in [4.78, 5) is 13.8. The van der Waals surface area contributed by atoms with Crippen molar-refractivity contribution in [2.45, 2.75) is 12.8 Å². The molecule has 4 nitrogen and oxygen atoms in total. The number of nitrogens with zero attached hydrogens (tertiary/aromatic N) is 1. The van der Waals surface area contributed by atoms with E-state index >= 15 is 0 Å². The van der Waals surface area contributed by atoms with Crippen LogP contribution in [0.3, 0.4) is 0 Å². The molecule has 19 heavy (non-hydrogen) atoms. The van der Waals surface area contributed by atoms with Crippen molar-refractivity contribution in [3.8, 4) is 5.75 Å². The highest BCUT2D eigenvalue weighted by Crippen LogP contribution is 2.19. The molecule has 5 heteroatoms. The lowest BCUT2D eigenvalue weighted by atomic mass is 9.99. The average molecular weight is 328 g/mol. The third-order valence-corrected chi connectivity index (χ3v) is 3.78. The summed E-state index contributed by atoms with van der Waals surface area (Å²) in [5.41, 5.74) is 0. The Morgan fingerprint density at radius 2 is 2.37 bits per heavy atom. The first-order chi connectivity index (χ1) is 9.19. The molecule has 1 saturated heterocycles. The molecular weight excluding hydrogens is 310 g/mol. The van der Waals surface area contributed by atoms with Crippen LogP contribution in [0.15, 0.2) is 28.7 Å². The average Bonchev–Trinajstić information content (AvgIpc) is 2.45. The maximum atomic E-state index is 12.0. The van der Waals surface area contributed by atoms with E-state index in [1.807, 2.05) is 24.3 Å². The first-order valence-electron chi connectivity index (χ1n) is 6.46. The Morgan fingerprint density at radius 1 is 1.53 bits per heavy atom. The molecule has 0 bridgehead atoms. The van der Waals surface area contributed by atoms with Crippen molar-refractivity contribution in [2.24, 2.45) is 5.92 Å². The van der Waals surface area contributed by atoms with Crippen LogP contribution in [0.5, 0.6) is 5.75 Å². The third kappa shape index (κ3) is 4.21. The summed E-state index contributed by atoms with van der Waals surface area (Å²) in [6.45, 7) is 1.60. The maximum absolute atomic E-state index is 12.0. The zero-order valence-corrected chi connectivity index (χ0v) is 12.3. The van der Waals surface area contributed by atoms with Crippen LogP contribution in [0.1, 0.15) is 12.8 Å². The van der Waals surface area contributed by atoms with E-state index in [2.05, 4.69) is 15.9 Å². The quantitative estimate of drug-likeness (QED) is 0.920. The molecule has 0 saturated carbocycles. The van der Waals surface area contributed by atoms with E-state index in [0.29, 0.717) is 12.3 Å². The molecule has 1 N–H and O–H groups in total. The number of amides is 1. The lowest BCUT2D eigenvalue weighted by Gasteiger charge is -2.31. The summed E-state index contributed by atoms with van der Waals surface area (Å²) >= 11 is 3.36. The summed E-state index contributed by atoms with van der Waals surface area (Å²) in [7, 11) is 0. The predicted molar refractivity (Wildman–Crippen MR) is 76.0 cm³/mol. The van der Waals surface area contributed by atoms with Gasteiger partial charge < -0.3 is 14.7 Å². The van der Waals surface area contributed by atoms with Gasteiger partial charge in [0.15, 0.2) is 6.61 Å². The molecule has 0 spiro atoms. The molecule has 104 valence electrons. The van der Waals surface area contributed by atoms with Gasteiger partial charge in [0.05, 0.1) is 0 Å². The number of aliphatic hydroxyl groups excluding tert-OH is 1. The fourth-order valence-corrected chi connectivity index (χ4v) is 2.61. The number of hydrogen-bond donors (Lipinski definition) is 1. The van der Waals surface area contributed by atoms with Crippen molar-refractivity contribution < 1.29 is 14.6 Å². The van der Waals surface area contributed by atoms with Crippen LogP contribution in [0.2, 0.25) is 0 Å². The van der Waals surface area contributed by atoms with Gasteiger partial charge in [-0.3, -0.25) is 4.79 Å². The molecular formula is C14H18BrNO3. The number of carbonyl (C=O) groups excluding carboxylic acids is 1. The van der Waals surface area contributed by atoms with E-state index in [1.54, 1.807) is 4.90 Å². The molecule has 0 radical (unpaired) electrons. The van der Waals surface area contributed by atoms with Crippen LogP contribution in [-0.2, 0) is 4.79 Å². The van der Waals surface area contributed by atoms with Crippen LogP contribution in [0, 0.1) is 5.92 Å². The van der Waals surface area contributed by atoms with Gasteiger partial charge in [0.25, 0.3) is 5.91 Å². The van der Waals surface area contributed by atoms with Gasteiger partial charge >= 0.3 is 0 Å². The molecule has 1 amide bonds. The van der Waals surface area contributed by atoms with E-state index in [9.17, 15) is 4.79 Å². The van der Waals surface area contributed by atoms with Crippen molar-refractivity contribution in [3.63, 3.8) is 0 Å². The van der Waals surface area contributed by atoms with Crippen LogP contribution in [-0.4, -0.2) is 42.2 Å². The maximum Gasteiger partial charge on any atom is 0.260 e. The zero-order chi connectivity index (χ0) is 13.7. The van der Waals surface area contributed by atoms with Crippen LogP contribution in [0.4, 0.5) is 0 Å². The van der Waals surface area contributed by atoms with Gasteiger partial charge in [0.1, 0.15) is 5.75 Å². The molecule has 2 rings (SSSR count). The molecule has 1 aliphatic heterocycles. The van der Waals surface area contributed by atoms with Gasteiger partial charge in [0, 0.05) is 24.2 Å². The SMILES string of the molecule is O=C(COc1cccc(Br)c1)N1CCCC(CO)C1. The van der Waals surface area contributed by atoms with Crippen molar-refractivity contribution >= 4 is 21.8 Å². The molecule has 1 aliphatic rings. The van der Waals surface area contributed by atoms with Gasteiger partial charge in [-0.05, 0) is 37.0 Å². The predicted octanol–water partition coefficient (Wildman–Crippen LogP) is 2.06. The number of ether oxygens (including phenoxy) is 1. The molecule has 1 fully saturated rings. The summed E-state index contributed by atoms with van der Waals surface area (Å²) in [6, 6.07) is 7.43. The second-order valence-corrected chi connectivity index (χ2v) is 5.69. The number of aliphatic hydroxyl groups is 1. The zero-order valence-electron chi connectivity index (χ0n) is 10.7. The fraction of sp³-hybridized carbons (Fsp3) is 0.500. The highest BCUT2D eigenvalue weighted by molar-refractivity contribution is 9.10. The van der Waals surface area contributed by atoms with Crippen LogP contribution < -0.4 is 4.74 Å². The van der Waals surface area contributed by atoms with Gasteiger partial charge in [-0.15, -0.1) is 0 Å². The van der Waals surface area contributed by atoms with Gasteiger partial charge in [-0.25, -0.2) is 0 Å². The van der Waals surface area contributed by atoms with Crippen molar-refractivity contribution in [3.05, 3.63) is 28.7 Å². The van der Waals surface area contributed by atoms with E-state index in [1.165, 1.54) is 0 Å². The smallest absolute Gasteiger partial charge is 0.260 e. The number of halogens is 1. The van der Waals surface area contributed by atoms with E-state index < -0.39 is 0 Å². The minimum absolute atomic E-state index is 0.0156. The Hall–Kier alpha value is -1.07. The standard InChI is InChI=1S/C14H18BrNO3/c15-12-4-1-5-13(7-12)19-10-14(18)16-6-2-3-11(8-16)9-17/h1,4-5,7,11,17H,2-3,6,8-10H2. The summed E-state index contributed by atoms with van der Waals surface area (Å²) < 4.78 is 6.41. The van der Waals surface area contributed by atoms with E-state index in [-0.39, 0.29) is 25.0 Å². The highest BCUT2D eigenvalue weighted by Gasteiger charge is 2.23. The second-order valence-electron chi connectivity index (χ2n) is 4.78. The number of rotatable bonds is 4. The van der Waals surface area contributed by atoms with Crippen molar-refractivity contribution in [1.82, 2.24) is 4.90 Å². The molecule has 1 aromatic carbocycles. The van der Waals surface area contributed by atoms with Crippen molar-refractivity contribution in [1.29, 1.82) is 0 Å². The van der Waals surface area contributed by atoms with Crippen molar-refractivity contribution in [2.75, 3.05) is 26.3 Å². The molecule has 1 atom stereocenters. The first-order valence-corrected chi connectivity index (χ1v) is 7.25. The molecule has 1 unspecified atom stereocenters. The van der Waals surface area contributed by atoms with Gasteiger partial charge in [0.2, 0.25) is 0 Å². The lowest BCUT2D eigenvalue weighted by Crippen LogP contribution is -2.43. The first kappa shape index (κ1) is 14.3. The number of piperidine rings is 1. The minimum Gasteiger partial charge on any atom is -0.484 e. The Balaban J connectivity index is 1.84. The summed E-state index contributed by atoms with van der Waals surface area (Å²) in [5, 5.41) is 9.15. The van der Waals surface area contributed by atoms with Gasteiger partial charge in [-0.1, -0.05) is 22.0 Å². The monoisotopic (exact) mass is 327 g/mol. The van der Waals surface area contributed by atoms with E-state index in [0.717, 1.165) is 23.9 Å². The summed E-state index contributed by atoms with van der Waals surface area (Å²) in [6.07, 6.45) is 1.95. The molecule has 0 aliphatic carbocycles. The van der Waals surface area contributed by atoms with Crippen LogP contribution >= 0.6 is 15.9 Å². The molecule has 1 heterocycles. The lowest BCUT2D eigenvalue weighted by molar-refractivity contribution is -0.135. The Morgan fingerprint density at radius 3 is 3.11 bits per heavy atom. The largest absolute Gasteiger partial charge is 0.484 e. The minimum atomic E-state index is -0.0156. The fourth-order valence-electron chi connectivity index (χ4n) is 2.23. The third-order valence-electron chi connectivity index (χ3n) is 3.29. The number of hydrogen-bond acceptors (Lipinski definition) is 3. The number of benzene rings is 1. The van der Waals surface area contributed by atoms with Gasteiger partial charge in [-0.2, -0.15) is 0 Å².